The maximum absolute atomic E-state index is 12.2. The van der Waals surface area contributed by atoms with Crippen molar-refractivity contribution in [3.05, 3.63) is 53.6 Å². The number of hydrazone groups is 1. The molecule has 2 rings (SSSR count). The second-order valence-electron chi connectivity index (χ2n) is 4.52. The number of nitrogens with zero attached hydrogens (tertiary/aromatic N) is 1. The van der Waals surface area contributed by atoms with Gasteiger partial charge in [0.15, 0.2) is 11.5 Å². The summed E-state index contributed by atoms with van der Waals surface area (Å²) in [7, 11) is 4.49. The SMILES string of the molecule is COc1cc(C(=O)N/N=C/c2ccccc2)cc(OC)c1OC. The Balaban J connectivity index is 2.17. The zero-order chi connectivity index (χ0) is 16.7. The van der Waals surface area contributed by atoms with Crippen LogP contribution in [0, 0.1) is 0 Å². The minimum atomic E-state index is -0.378. The van der Waals surface area contributed by atoms with Crippen molar-refractivity contribution in [1.29, 1.82) is 0 Å². The van der Waals surface area contributed by atoms with E-state index in [-0.39, 0.29) is 5.91 Å². The zero-order valence-corrected chi connectivity index (χ0v) is 13.2. The quantitative estimate of drug-likeness (QED) is 0.657. The van der Waals surface area contributed by atoms with Gasteiger partial charge in [-0.1, -0.05) is 30.3 Å². The van der Waals surface area contributed by atoms with Gasteiger partial charge in [-0.05, 0) is 17.7 Å². The molecule has 0 aliphatic rings. The highest BCUT2D eigenvalue weighted by Crippen LogP contribution is 2.38. The second-order valence-corrected chi connectivity index (χ2v) is 4.52. The third kappa shape index (κ3) is 4.00. The molecule has 6 heteroatoms. The highest BCUT2D eigenvalue weighted by molar-refractivity contribution is 5.96. The normalized spacial score (nSPS) is 10.4. The molecule has 1 amide bonds. The van der Waals surface area contributed by atoms with E-state index in [0.717, 1.165) is 5.56 Å². The van der Waals surface area contributed by atoms with Crippen LogP contribution in [0.15, 0.2) is 47.6 Å². The molecule has 2 aromatic rings. The first kappa shape index (κ1) is 16.4. The van der Waals surface area contributed by atoms with Gasteiger partial charge in [0.25, 0.3) is 5.91 Å². The highest BCUT2D eigenvalue weighted by atomic mass is 16.5. The first-order chi connectivity index (χ1) is 11.2. The average molecular weight is 314 g/mol. The highest BCUT2D eigenvalue weighted by Gasteiger charge is 2.16. The van der Waals surface area contributed by atoms with Crippen LogP contribution >= 0.6 is 0 Å². The molecule has 1 N–H and O–H groups in total. The van der Waals surface area contributed by atoms with Crippen LogP contribution in [0.2, 0.25) is 0 Å². The van der Waals surface area contributed by atoms with E-state index in [1.807, 2.05) is 30.3 Å². The number of amides is 1. The van der Waals surface area contributed by atoms with Crippen LogP contribution in [0.25, 0.3) is 0 Å². The van der Waals surface area contributed by atoms with E-state index < -0.39 is 0 Å². The Morgan fingerprint density at radius 3 is 2.13 bits per heavy atom. The van der Waals surface area contributed by atoms with Crippen molar-refractivity contribution in [1.82, 2.24) is 5.43 Å². The van der Waals surface area contributed by atoms with E-state index in [1.54, 1.807) is 18.3 Å². The van der Waals surface area contributed by atoms with Crippen LogP contribution in [0.1, 0.15) is 15.9 Å². The molecule has 120 valence electrons. The molecule has 0 unspecified atom stereocenters. The number of carbonyl (C=O) groups is 1. The Hall–Kier alpha value is -3.02. The molecule has 6 nitrogen and oxygen atoms in total. The molecule has 0 spiro atoms. The van der Waals surface area contributed by atoms with E-state index >= 15 is 0 Å². The van der Waals surface area contributed by atoms with Crippen LogP contribution in [0.4, 0.5) is 0 Å². The molecule has 0 fully saturated rings. The van der Waals surface area contributed by atoms with Gasteiger partial charge in [0.1, 0.15) is 0 Å². The summed E-state index contributed by atoms with van der Waals surface area (Å²) in [5, 5.41) is 3.93. The number of methoxy groups -OCH3 is 3. The van der Waals surface area contributed by atoms with Crippen LogP contribution in [-0.4, -0.2) is 33.5 Å². The number of nitrogens with one attached hydrogen (secondary N) is 1. The Morgan fingerprint density at radius 2 is 1.61 bits per heavy atom. The molecule has 0 radical (unpaired) electrons. The first-order valence-electron chi connectivity index (χ1n) is 6.88. The topological polar surface area (TPSA) is 69.2 Å². The number of ether oxygens (including phenoxy) is 3. The maximum Gasteiger partial charge on any atom is 0.271 e. The first-order valence-corrected chi connectivity index (χ1v) is 6.88. The lowest BCUT2D eigenvalue weighted by molar-refractivity contribution is 0.0954. The van der Waals surface area contributed by atoms with Gasteiger partial charge in [0.05, 0.1) is 27.5 Å². The van der Waals surface area contributed by atoms with E-state index in [4.69, 9.17) is 14.2 Å². The smallest absolute Gasteiger partial charge is 0.271 e. The van der Waals surface area contributed by atoms with Crippen molar-refractivity contribution in [3.8, 4) is 17.2 Å². The van der Waals surface area contributed by atoms with Gasteiger partial charge in [-0.15, -0.1) is 0 Å². The number of carbonyl (C=O) groups excluding carboxylic acids is 1. The third-order valence-electron chi connectivity index (χ3n) is 3.11. The Bertz CT molecular complexity index is 674. The fourth-order valence-electron chi connectivity index (χ4n) is 1.98. The maximum atomic E-state index is 12.2. The van der Waals surface area contributed by atoms with Gasteiger partial charge in [-0.25, -0.2) is 5.43 Å². The lowest BCUT2D eigenvalue weighted by atomic mass is 10.1. The molecule has 0 saturated carbocycles. The zero-order valence-electron chi connectivity index (χ0n) is 13.2. The molecule has 0 aromatic heterocycles. The molecule has 23 heavy (non-hydrogen) atoms. The second kappa shape index (κ2) is 7.84. The van der Waals surface area contributed by atoms with Crippen LogP contribution < -0.4 is 19.6 Å². The van der Waals surface area contributed by atoms with Crippen molar-refractivity contribution in [2.45, 2.75) is 0 Å². The molecule has 0 bridgehead atoms. The number of hydrogen-bond donors (Lipinski definition) is 1. The lowest BCUT2D eigenvalue weighted by Gasteiger charge is -2.13. The van der Waals surface area contributed by atoms with Gasteiger partial charge in [-0.2, -0.15) is 5.10 Å². The minimum Gasteiger partial charge on any atom is -0.493 e. The summed E-state index contributed by atoms with van der Waals surface area (Å²) in [5.74, 6) is 0.865. The Labute approximate surface area is 134 Å². The molecular weight excluding hydrogens is 296 g/mol. The molecular formula is C17H18N2O4. The summed E-state index contributed by atoms with van der Waals surface area (Å²) < 4.78 is 15.7. The van der Waals surface area contributed by atoms with E-state index in [9.17, 15) is 4.79 Å². The minimum absolute atomic E-state index is 0.352. The summed E-state index contributed by atoms with van der Waals surface area (Å²) >= 11 is 0. The summed E-state index contributed by atoms with van der Waals surface area (Å²) in [6, 6.07) is 12.6. The number of hydrogen-bond acceptors (Lipinski definition) is 5. The van der Waals surface area contributed by atoms with Gasteiger partial charge in [0, 0.05) is 5.56 Å². The van der Waals surface area contributed by atoms with Crippen LogP contribution in [-0.2, 0) is 0 Å². The van der Waals surface area contributed by atoms with E-state index in [0.29, 0.717) is 22.8 Å². The lowest BCUT2D eigenvalue weighted by Crippen LogP contribution is -2.18. The van der Waals surface area contributed by atoms with Gasteiger partial charge >= 0.3 is 0 Å². The fraction of sp³-hybridized carbons (Fsp3) is 0.176. The van der Waals surface area contributed by atoms with Crippen molar-refractivity contribution >= 4 is 12.1 Å². The van der Waals surface area contributed by atoms with Crippen LogP contribution in [0.3, 0.4) is 0 Å². The monoisotopic (exact) mass is 314 g/mol. The van der Waals surface area contributed by atoms with Crippen molar-refractivity contribution in [3.63, 3.8) is 0 Å². The summed E-state index contributed by atoms with van der Waals surface area (Å²) in [4.78, 5) is 12.2. The molecule has 0 heterocycles. The van der Waals surface area contributed by atoms with E-state index in [1.165, 1.54) is 21.3 Å². The third-order valence-corrected chi connectivity index (χ3v) is 3.11. The summed E-state index contributed by atoms with van der Waals surface area (Å²) in [5.41, 5.74) is 3.70. The average Bonchev–Trinajstić information content (AvgIpc) is 2.61. The molecule has 0 saturated heterocycles. The predicted molar refractivity (Wildman–Crippen MR) is 87.6 cm³/mol. The van der Waals surface area contributed by atoms with Crippen molar-refractivity contribution in [2.75, 3.05) is 21.3 Å². The van der Waals surface area contributed by atoms with Gasteiger partial charge in [-0.3, -0.25) is 4.79 Å². The molecule has 0 aliphatic carbocycles. The summed E-state index contributed by atoms with van der Waals surface area (Å²) in [6.07, 6.45) is 1.57. The number of rotatable bonds is 6. The van der Waals surface area contributed by atoms with Gasteiger partial charge < -0.3 is 14.2 Å². The standard InChI is InChI=1S/C17H18N2O4/c1-21-14-9-13(10-15(22-2)16(14)23-3)17(20)19-18-11-12-7-5-4-6-8-12/h4-11H,1-3H3,(H,19,20)/b18-11+. The fourth-order valence-corrected chi connectivity index (χ4v) is 1.98. The Morgan fingerprint density at radius 1 is 1.00 bits per heavy atom. The number of benzene rings is 2. The molecule has 2 aromatic carbocycles. The largest absolute Gasteiger partial charge is 0.493 e. The molecule has 0 atom stereocenters. The summed E-state index contributed by atoms with van der Waals surface area (Å²) in [6.45, 7) is 0. The van der Waals surface area contributed by atoms with Crippen LogP contribution in [0.5, 0.6) is 17.2 Å². The van der Waals surface area contributed by atoms with Crippen molar-refractivity contribution in [2.24, 2.45) is 5.10 Å². The predicted octanol–water partition coefficient (Wildman–Crippen LogP) is 2.48. The van der Waals surface area contributed by atoms with Gasteiger partial charge in [0.2, 0.25) is 5.75 Å². The Kier molecular flexibility index (Phi) is 5.57. The van der Waals surface area contributed by atoms with Crippen molar-refractivity contribution < 1.29 is 19.0 Å². The van der Waals surface area contributed by atoms with E-state index in [2.05, 4.69) is 10.5 Å². The molecule has 0 aliphatic heterocycles.